The standard InChI is InChI=1S/C11H14N4O2S/c1-3-17-9(16)4-7(2)18-11-8-5-14-15-10(8)12-6-13-11/h5-7H,3-4H2,1-2H3,(H,12,13,14,15). The van der Waals surface area contributed by atoms with E-state index in [0.29, 0.717) is 18.7 Å². The van der Waals surface area contributed by atoms with Crippen molar-refractivity contribution in [1.82, 2.24) is 20.2 Å². The number of hydrogen-bond acceptors (Lipinski definition) is 6. The zero-order chi connectivity index (χ0) is 13.0. The van der Waals surface area contributed by atoms with Crippen LogP contribution in [0, 0.1) is 0 Å². The number of aromatic nitrogens is 4. The molecule has 1 atom stereocenters. The summed E-state index contributed by atoms with van der Waals surface area (Å²) in [6.45, 7) is 4.18. The Morgan fingerprint density at radius 1 is 1.56 bits per heavy atom. The van der Waals surface area contributed by atoms with E-state index in [1.807, 2.05) is 6.92 Å². The highest BCUT2D eigenvalue weighted by Crippen LogP contribution is 2.28. The molecule has 0 aliphatic rings. The van der Waals surface area contributed by atoms with Crippen molar-refractivity contribution in [2.75, 3.05) is 6.61 Å². The summed E-state index contributed by atoms with van der Waals surface area (Å²) in [4.78, 5) is 19.6. The van der Waals surface area contributed by atoms with E-state index in [-0.39, 0.29) is 11.2 Å². The van der Waals surface area contributed by atoms with Crippen LogP contribution < -0.4 is 0 Å². The van der Waals surface area contributed by atoms with E-state index in [9.17, 15) is 4.79 Å². The molecule has 0 aliphatic carbocycles. The van der Waals surface area contributed by atoms with E-state index in [1.54, 1.807) is 13.1 Å². The molecule has 1 N–H and O–H groups in total. The van der Waals surface area contributed by atoms with Gasteiger partial charge >= 0.3 is 5.97 Å². The van der Waals surface area contributed by atoms with Crippen LogP contribution in [0.15, 0.2) is 17.6 Å². The molecule has 2 heterocycles. The summed E-state index contributed by atoms with van der Waals surface area (Å²) < 4.78 is 4.92. The molecule has 0 aliphatic heterocycles. The SMILES string of the molecule is CCOC(=O)CC(C)Sc1ncnc2[nH]ncc12. The van der Waals surface area contributed by atoms with Crippen molar-refractivity contribution in [3.63, 3.8) is 0 Å². The van der Waals surface area contributed by atoms with E-state index in [1.165, 1.54) is 18.1 Å². The van der Waals surface area contributed by atoms with Gasteiger partial charge in [0, 0.05) is 5.25 Å². The second-order valence-corrected chi connectivity index (χ2v) is 5.18. The largest absolute Gasteiger partial charge is 0.466 e. The normalized spacial score (nSPS) is 12.6. The lowest BCUT2D eigenvalue weighted by atomic mass is 10.3. The van der Waals surface area contributed by atoms with Crippen molar-refractivity contribution in [3.05, 3.63) is 12.5 Å². The lowest BCUT2D eigenvalue weighted by molar-refractivity contribution is -0.142. The van der Waals surface area contributed by atoms with Crippen molar-refractivity contribution < 1.29 is 9.53 Å². The summed E-state index contributed by atoms with van der Waals surface area (Å²) in [7, 11) is 0. The Balaban J connectivity index is 2.04. The van der Waals surface area contributed by atoms with Gasteiger partial charge in [0.05, 0.1) is 24.6 Å². The average Bonchev–Trinajstić information content (AvgIpc) is 2.78. The zero-order valence-electron chi connectivity index (χ0n) is 10.2. The number of hydrogen-bond donors (Lipinski definition) is 1. The molecule has 2 rings (SSSR count). The van der Waals surface area contributed by atoms with Gasteiger partial charge in [-0.2, -0.15) is 5.10 Å². The predicted octanol–water partition coefficient (Wildman–Crippen LogP) is 1.79. The molecule has 0 bridgehead atoms. The summed E-state index contributed by atoms with van der Waals surface area (Å²) >= 11 is 1.52. The molecule has 1 unspecified atom stereocenters. The monoisotopic (exact) mass is 266 g/mol. The lowest BCUT2D eigenvalue weighted by Gasteiger charge is -2.09. The van der Waals surface area contributed by atoms with Crippen LogP contribution in [0.2, 0.25) is 0 Å². The molecule has 6 nitrogen and oxygen atoms in total. The third kappa shape index (κ3) is 2.98. The van der Waals surface area contributed by atoms with Crippen molar-refractivity contribution in [2.45, 2.75) is 30.5 Å². The number of H-pyrrole nitrogens is 1. The Kier molecular flexibility index (Phi) is 4.14. The third-order valence-electron chi connectivity index (χ3n) is 2.28. The summed E-state index contributed by atoms with van der Waals surface area (Å²) in [5.74, 6) is -0.185. The molecule has 0 aromatic carbocycles. The zero-order valence-corrected chi connectivity index (χ0v) is 11.0. The molecule has 18 heavy (non-hydrogen) atoms. The van der Waals surface area contributed by atoms with E-state index in [4.69, 9.17) is 4.74 Å². The molecule has 0 radical (unpaired) electrons. The van der Waals surface area contributed by atoms with Crippen LogP contribution in [0.3, 0.4) is 0 Å². The molecule has 0 fully saturated rings. The number of esters is 1. The minimum atomic E-state index is -0.185. The number of nitrogens with zero attached hydrogens (tertiary/aromatic N) is 3. The number of rotatable bonds is 5. The smallest absolute Gasteiger partial charge is 0.306 e. The van der Waals surface area contributed by atoms with E-state index < -0.39 is 0 Å². The fourth-order valence-corrected chi connectivity index (χ4v) is 2.51. The Morgan fingerprint density at radius 2 is 2.39 bits per heavy atom. The molecular formula is C11H14N4O2S. The van der Waals surface area contributed by atoms with Crippen LogP contribution in [-0.2, 0) is 9.53 Å². The Hall–Kier alpha value is -1.63. The highest BCUT2D eigenvalue weighted by molar-refractivity contribution is 8.00. The molecule has 2 aromatic rings. The molecule has 0 amide bonds. The molecule has 0 saturated carbocycles. The van der Waals surface area contributed by atoms with Crippen molar-refractivity contribution in [2.24, 2.45) is 0 Å². The van der Waals surface area contributed by atoms with Gasteiger partial charge in [-0.05, 0) is 6.92 Å². The summed E-state index contributed by atoms with van der Waals surface area (Å²) in [6, 6.07) is 0. The van der Waals surface area contributed by atoms with E-state index >= 15 is 0 Å². The third-order valence-corrected chi connectivity index (χ3v) is 3.40. The maximum absolute atomic E-state index is 11.4. The molecule has 2 aromatic heterocycles. The summed E-state index contributed by atoms with van der Waals surface area (Å²) in [5, 5.41) is 8.51. The number of carbonyl (C=O) groups is 1. The van der Waals surface area contributed by atoms with Gasteiger partial charge in [0.1, 0.15) is 11.4 Å². The van der Waals surface area contributed by atoms with Crippen LogP contribution in [0.1, 0.15) is 20.3 Å². The minimum absolute atomic E-state index is 0.0945. The number of carbonyl (C=O) groups excluding carboxylic acids is 1. The second-order valence-electron chi connectivity index (χ2n) is 3.75. The van der Waals surface area contributed by atoms with Gasteiger partial charge in [-0.1, -0.05) is 6.92 Å². The first kappa shape index (κ1) is 12.8. The lowest BCUT2D eigenvalue weighted by Crippen LogP contribution is -2.10. The van der Waals surface area contributed by atoms with Crippen molar-refractivity contribution >= 4 is 28.8 Å². The van der Waals surface area contributed by atoms with Crippen molar-refractivity contribution in [3.8, 4) is 0 Å². The van der Waals surface area contributed by atoms with Crippen LogP contribution in [-0.4, -0.2) is 38.0 Å². The Morgan fingerprint density at radius 3 is 3.17 bits per heavy atom. The molecular weight excluding hydrogens is 252 g/mol. The number of nitrogens with one attached hydrogen (secondary N) is 1. The molecule has 0 spiro atoms. The maximum Gasteiger partial charge on any atom is 0.306 e. The first-order valence-electron chi connectivity index (χ1n) is 5.67. The van der Waals surface area contributed by atoms with Crippen LogP contribution in [0.25, 0.3) is 11.0 Å². The second kappa shape index (κ2) is 5.81. The van der Waals surface area contributed by atoms with Gasteiger partial charge in [-0.25, -0.2) is 9.97 Å². The quantitative estimate of drug-likeness (QED) is 0.505. The number of fused-ring (bicyclic) bond motifs is 1. The maximum atomic E-state index is 11.4. The van der Waals surface area contributed by atoms with Crippen LogP contribution >= 0.6 is 11.8 Å². The highest BCUT2D eigenvalue weighted by atomic mass is 32.2. The van der Waals surface area contributed by atoms with Crippen LogP contribution in [0.4, 0.5) is 0 Å². The molecule has 96 valence electrons. The number of thioether (sulfide) groups is 1. The van der Waals surface area contributed by atoms with E-state index in [2.05, 4.69) is 20.2 Å². The topological polar surface area (TPSA) is 80.8 Å². The van der Waals surface area contributed by atoms with E-state index in [0.717, 1.165) is 10.4 Å². The van der Waals surface area contributed by atoms with Gasteiger partial charge in [0.15, 0.2) is 5.65 Å². The Labute approximate surface area is 109 Å². The summed E-state index contributed by atoms with van der Waals surface area (Å²) in [5.41, 5.74) is 0.704. The van der Waals surface area contributed by atoms with Gasteiger partial charge in [0.2, 0.25) is 0 Å². The first-order valence-corrected chi connectivity index (χ1v) is 6.55. The number of aromatic amines is 1. The fourth-order valence-electron chi connectivity index (χ4n) is 1.52. The van der Waals surface area contributed by atoms with Gasteiger partial charge in [-0.3, -0.25) is 9.89 Å². The molecule has 0 saturated heterocycles. The van der Waals surface area contributed by atoms with Gasteiger partial charge < -0.3 is 4.74 Å². The first-order chi connectivity index (χ1) is 8.70. The Bertz CT molecular complexity index is 543. The highest BCUT2D eigenvalue weighted by Gasteiger charge is 2.14. The number of ether oxygens (including phenoxy) is 1. The molecule has 7 heteroatoms. The van der Waals surface area contributed by atoms with Crippen molar-refractivity contribution in [1.29, 1.82) is 0 Å². The fraction of sp³-hybridized carbons (Fsp3) is 0.455. The van der Waals surface area contributed by atoms with Gasteiger partial charge in [-0.15, -0.1) is 11.8 Å². The van der Waals surface area contributed by atoms with Gasteiger partial charge in [0.25, 0.3) is 0 Å². The average molecular weight is 266 g/mol. The predicted molar refractivity (Wildman–Crippen MR) is 68.3 cm³/mol. The minimum Gasteiger partial charge on any atom is -0.466 e. The summed E-state index contributed by atoms with van der Waals surface area (Å²) in [6.07, 6.45) is 3.54. The van der Waals surface area contributed by atoms with Crippen LogP contribution in [0.5, 0.6) is 0 Å².